The first-order valence-electron chi connectivity index (χ1n) is 5.86. The maximum atomic E-state index is 5.29. The summed E-state index contributed by atoms with van der Waals surface area (Å²) in [5, 5.41) is 5.61. The molecule has 88 valence electrons. The van der Waals surface area contributed by atoms with E-state index in [-0.39, 0.29) is 0 Å². The zero-order chi connectivity index (χ0) is 11.2. The molecule has 0 aliphatic heterocycles. The quantitative estimate of drug-likeness (QED) is 0.794. The second-order valence-corrected chi connectivity index (χ2v) is 5.19. The van der Waals surface area contributed by atoms with Crippen molar-refractivity contribution in [2.45, 2.75) is 25.8 Å². The van der Waals surface area contributed by atoms with Gasteiger partial charge in [-0.15, -0.1) is 11.3 Å². The molecule has 0 spiro atoms. The van der Waals surface area contributed by atoms with Gasteiger partial charge in [-0.3, -0.25) is 0 Å². The number of thiophene rings is 1. The summed E-state index contributed by atoms with van der Waals surface area (Å²) in [5.41, 5.74) is 0. The number of hydrogen-bond donors (Lipinski definition) is 1. The number of hydrogen-bond acceptors (Lipinski definition) is 3. The van der Waals surface area contributed by atoms with Crippen molar-refractivity contribution in [2.75, 3.05) is 13.7 Å². The fraction of sp³-hybridized carbons (Fsp3) is 0.538. The molecular weight excluding hydrogens is 218 g/mol. The minimum atomic E-state index is 0.816. The van der Waals surface area contributed by atoms with Crippen molar-refractivity contribution in [3.63, 3.8) is 0 Å². The molecule has 2 rings (SSSR count). The van der Waals surface area contributed by atoms with E-state index in [1.54, 1.807) is 18.4 Å². The molecule has 0 amide bonds. The highest BCUT2D eigenvalue weighted by atomic mass is 32.1. The Bertz CT molecular complexity index is 345. The first kappa shape index (κ1) is 11.7. The molecular formula is C13H19NOS. The maximum Gasteiger partial charge on any atom is 0.134 e. The number of ether oxygens (including phenoxy) is 1. The molecule has 1 aromatic rings. The van der Waals surface area contributed by atoms with Crippen LogP contribution in [0.4, 0.5) is 0 Å². The van der Waals surface area contributed by atoms with Gasteiger partial charge >= 0.3 is 0 Å². The highest BCUT2D eigenvalue weighted by Crippen LogP contribution is 2.24. The predicted octanol–water partition coefficient (Wildman–Crippen LogP) is 3.20. The highest BCUT2D eigenvalue weighted by molar-refractivity contribution is 7.10. The molecule has 1 aliphatic carbocycles. The molecule has 0 bridgehead atoms. The van der Waals surface area contributed by atoms with Gasteiger partial charge in [-0.25, -0.2) is 0 Å². The molecule has 0 radical (unpaired) electrons. The molecule has 0 fully saturated rings. The Balaban J connectivity index is 1.73. The van der Waals surface area contributed by atoms with Crippen molar-refractivity contribution in [2.24, 2.45) is 5.92 Å². The Morgan fingerprint density at radius 3 is 3.19 bits per heavy atom. The van der Waals surface area contributed by atoms with Crippen LogP contribution in [-0.4, -0.2) is 13.7 Å². The third kappa shape index (κ3) is 3.09. The van der Waals surface area contributed by atoms with Crippen LogP contribution in [0.1, 0.15) is 24.1 Å². The average molecular weight is 237 g/mol. The molecule has 0 saturated heterocycles. The van der Waals surface area contributed by atoms with Crippen molar-refractivity contribution in [1.29, 1.82) is 0 Å². The molecule has 0 aromatic carbocycles. The van der Waals surface area contributed by atoms with E-state index >= 15 is 0 Å². The second-order valence-electron chi connectivity index (χ2n) is 4.19. The maximum absolute atomic E-state index is 5.29. The predicted molar refractivity (Wildman–Crippen MR) is 69.1 cm³/mol. The minimum Gasteiger partial charge on any atom is -0.496 e. The number of allylic oxidation sites excluding steroid dienone is 2. The first-order valence-corrected chi connectivity index (χ1v) is 6.74. The van der Waals surface area contributed by atoms with Gasteiger partial charge in [-0.1, -0.05) is 12.2 Å². The van der Waals surface area contributed by atoms with E-state index in [0.29, 0.717) is 0 Å². The van der Waals surface area contributed by atoms with E-state index in [4.69, 9.17) is 4.74 Å². The molecule has 1 aliphatic rings. The molecule has 2 nitrogen and oxygen atoms in total. The van der Waals surface area contributed by atoms with E-state index < -0.39 is 0 Å². The van der Waals surface area contributed by atoms with Crippen LogP contribution in [0.5, 0.6) is 5.75 Å². The van der Waals surface area contributed by atoms with Gasteiger partial charge in [-0.05, 0) is 43.2 Å². The van der Waals surface area contributed by atoms with Crippen molar-refractivity contribution < 1.29 is 4.74 Å². The molecule has 1 N–H and O–H groups in total. The van der Waals surface area contributed by atoms with Gasteiger partial charge in [0.1, 0.15) is 5.75 Å². The Morgan fingerprint density at radius 1 is 1.50 bits per heavy atom. The standard InChI is InChI=1S/C13H19NOS/c1-15-12-7-8-16-13(12)10-14-9-11-5-3-2-4-6-11/h2-3,7-8,11,14H,4-6,9-10H2,1H3. The SMILES string of the molecule is COc1ccsc1CNCC1CC=CCC1. The summed E-state index contributed by atoms with van der Waals surface area (Å²) in [4.78, 5) is 1.30. The fourth-order valence-electron chi connectivity index (χ4n) is 2.07. The lowest BCUT2D eigenvalue weighted by Crippen LogP contribution is -2.22. The monoisotopic (exact) mass is 237 g/mol. The van der Waals surface area contributed by atoms with Crippen LogP contribution in [0.2, 0.25) is 0 Å². The summed E-state index contributed by atoms with van der Waals surface area (Å²) < 4.78 is 5.29. The molecule has 1 unspecified atom stereocenters. The zero-order valence-electron chi connectivity index (χ0n) is 9.74. The van der Waals surface area contributed by atoms with Gasteiger partial charge in [0.15, 0.2) is 0 Å². The molecule has 0 saturated carbocycles. The van der Waals surface area contributed by atoms with Crippen molar-refractivity contribution in [3.8, 4) is 5.75 Å². The van der Waals surface area contributed by atoms with Gasteiger partial charge in [-0.2, -0.15) is 0 Å². The van der Waals surface area contributed by atoms with Crippen molar-refractivity contribution in [1.82, 2.24) is 5.32 Å². The second kappa shape index (κ2) is 6.06. The summed E-state index contributed by atoms with van der Waals surface area (Å²) in [7, 11) is 1.73. The Labute approximate surface area is 101 Å². The van der Waals surface area contributed by atoms with E-state index in [1.165, 1.54) is 24.1 Å². The summed E-state index contributed by atoms with van der Waals surface area (Å²) >= 11 is 1.76. The van der Waals surface area contributed by atoms with Gasteiger partial charge in [0.05, 0.1) is 12.0 Å². The smallest absolute Gasteiger partial charge is 0.134 e. The number of methoxy groups -OCH3 is 1. The largest absolute Gasteiger partial charge is 0.496 e. The number of nitrogens with one attached hydrogen (secondary N) is 1. The zero-order valence-corrected chi connectivity index (χ0v) is 10.6. The normalized spacial score (nSPS) is 19.9. The van der Waals surface area contributed by atoms with Crippen LogP contribution in [0, 0.1) is 5.92 Å². The van der Waals surface area contributed by atoms with E-state index in [9.17, 15) is 0 Å². The van der Waals surface area contributed by atoms with Gasteiger partial charge < -0.3 is 10.1 Å². The summed E-state index contributed by atoms with van der Waals surface area (Å²) in [6.07, 6.45) is 8.40. The van der Waals surface area contributed by atoms with Gasteiger partial charge in [0.2, 0.25) is 0 Å². The van der Waals surface area contributed by atoms with Gasteiger partial charge in [0.25, 0.3) is 0 Å². The van der Waals surface area contributed by atoms with E-state index in [1.807, 2.05) is 6.07 Å². The van der Waals surface area contributed by atoms with Gasteiger partial charge in [0, 0.05) is 6.54 Å². The Kier molecular flexibility index (Phi) is 4.43. The van der Waals surface area contributed by atoms with E-state index in [2.05, 4.69) is 22.8 Å². The van der Waals surface area contributed by atoms with Crippen molar-refractivity contribution >= 4 is 11.3 Å². The Morgan fingerprint density at radius 2 is 2.44 bits per heavy atom. The van der Waals surface area contributed by atoms with E-state index in [0.717, 1.165) is 24.8 Å². The lowest BCUT2D eigenvalue weighted by Gasteiger charge is -2.18. The summed E-state index contributed by atoms with van der Waals surface area (Å²) in [6.45, 7) is 2.05. The van der Waals surface area contributed by atoms with Crippen molar-refractivity contribution in [3.05, 3.63) is 28.5 Å². The lowest BCUT2D eigenvalue weighted by molar-refractivity contribution is 0.405. The molecule has 1 aromatic heterocycles. The first-order chi connectivity index (χ1) is 7.90. The average Bonchev–Trinajstić information content (AvgIpc) is 2.78. The van der Waals surface area contributed by atoms with Crippen LogP contribution in [-0.2, 0) is 6.54 Å². The van der Waals surface area contributed by atoms with Crippen LogP contribution >= 0.6 is 11.3 Å². The molecule has 3 heteroatoms. The minimum absolute atomic E-state index is 0.816. The number of rotatable bonds is 5. The third-order valence-corrected chi connectivity index (χ3v) is 3.92. The summed E-state index contributed by atoms with van der Waals surface area (Å²) in [5.74, 6) is 1.83. The van der Waals surface area contributed by atoms with Crippen LogP contribution in [0.25, 0.3) is 0 Å². The molecule has 1 heterocycles. The topological polar surface area (TPSA) is 21.3 Å². The lowest BCUT2D eigenvalue weighted by atomic mass is 9.94. The van der Waals surface area contributed by atoms with Crippen LogP contribution in [0.15, 0.2) is 23.6 Å². The fourth-order valence-corrected chi connectivity index (χ4v) is 2.88. The Hall–Kier alpha value is -0.800. The highest BCUT2D eigenvalue weighted by Gasteiger charge is 2.10. The summed E-state index contributed by atoms with van der Waals surface area (Å²) in [6, 6.07) is 2.03. The third-order valence-electron chi connectivity index (χ3n) is 3.02. The van der Waals surface area contributed by atoms with Crippen LogP contribution < -0.4 is 10.1 Å². The van der Waals surface area contributed by atoms with Crippen LogP contribution in [0.3, 0.4) is 0 Å². The molecule has 1 atom stereocenters. The molecule has 16 heavy (non-hydrogen) atoms.